The first kappa shape index (κ1) is 17.2. The van der Waals surface area contributed by atoms with Gasteiger partial charge in [-0.1, -0.05) is 25.0 Å². The second-order valence-electron chi connectivity index (χ2n) is 6.94. The Labute approximate surface area is 144 Å². The highest BCUT2D eigenvalue weighted by Gasteiger charge is 2.29. The summed E-state index contributed by atoms with van der Waals surface area (Å²) in [6, 6.07) is 7.94. The number of carbonyl (C=O) groups excluding carboxylic acids is 1. The van der Waals surface area contributed by atoms with Crippen LogP contribution in [0.4, 0.5) is 0 Å². The van der Waals surface area contributed by atoms with Crippen LogP contribution in [-0.4, -0.2) is 48.2 Å². The van der Waals surface area contributed by atoms with Gasteiger partial charge in [-0.25, -0.2) is 0 Å². The Kier molecular flexibility index (Phi) is 5.74. The molecule has 1 saturated heterocycles. The average molecular weight is 332 g/mol. The predicted octanol–water partition coefficient (Wildman–Crippen LogP) is 2.25. The van der Waals surface area contributed by atoms with E-state index in [-0.39, 0.29) is 11.9 Å². The van der Waals surface area contributed by atoms with E-state index in [0.29, 0.717) is 11.3 Å². The molecule has 1 atom stereocenters. The van der Waals surface area contributed by atoms with Crippen molar-refractivity contribution in [2.45, 2.75) is 56.7 Å². The second-order valence-corrected chi connectivity index (χ2v) is 6.94. The van der Waals surface area contributed by atoms with E-state index in [0.717, 1.165) is 32.0 Å². The zero-order chi connectivity index (χ0) is 16.9. The van der Waals surface area contributed by atoms with Crippen molar-refractivity contribution in [1.29, 1.82) is 0 Å². The van der Waals surface area contributed by atoms with Crippen LogP contribution in [0.25, 0.3) is 0 Å². The fourth-order valence-corrected chi connectivity index (χ4v) is 3.92. The van der Waals surface area contributed by atoms with Crippen molar-refractivity contribution < 1.29 is 14.6 Å². The zero-order valence-electron chi connectivity index (χ0n) is 14.4. The third-order valence-corrected chi connectivity index (χ3v) is 5.37. The summed E-state index contributed by atoms with van der Waals surface area (Å²) in [5.41, 5.74) is 0.565. The van der Waals surface area contributed by atoms with Crippen molar-refractivity contribution in [3.63, 3.8) is 0 Å². The molecular formula is C19H28N2O3. The number of aliphatic hydroxyl groups is 1. The van der Waals surface area contributed by atoms with Gasteiger partial charge in [0, 0.05) is 25.2 Å². The number of aliphatic hydroxyl groups excluding tert-OH is 1. The Bertz CT molecular complexity index is 549. The van der Waals surface area contributed by atoms with E-state index in [2.05, 4.69) is 10.2 Å². The number of nitrogens with one attached hydrogen (secondary N) is 1. The molecule has 5 heteroatoms. The molecule has 5 nitrogen and oxygen atoms in total. The van der Waals surface area contributed by atoms with E-state index in [1.165, 1.54) is 25.7 Å². The maximum Gasteiger partial charge on any atom is 0.253 e. The highest BCUT2D eigenvalue weighted by molar-refractivity contribution is 5.82. The largest absolute Gasteiger partial charge is 0.497 e. The topological polar surface area (TPSA) is 61.8 Å². The van der Waals surface area contributed by atoms with Crippen LogP contribution in [0.1, 0.15) is 50.2 Å². The van der Waals surface area contributed by atoms with Gasteiger partial charge in [-0.15, -0.1) is 0 Å². The Hall–Kier alpha value is -1.59. The number of hydrogen-bond acceptors (Lipinski definition) is 4. The predicted molar refractivity (Wildman–Crippen MR) is 92.9 cm³/mol. The Morgan fingerprint density at radius 3 is 2.62 bits per heavy atom. The number of methoxy groups -OCH3 is 1. The van der Waals surface area contributed by atoms with Crippen LogP contribution in [0.2, 0.25) is 0 Å². The van der Waals surface area contributed by atoms with E-state index in [4.69, 9.17) is 4.74 Å². The van der Waals surface area contributed by atoms with Crippen molar-refractivity contribution in [1.82, 2.24) is 10.2 Å². The molecule has 0 aromatic heterocycles. The zero-order valence-corrected chi connectivity index (χ0v) is 14.4. The molecule has 0 radical (unpaired) electrons. The lowest BCUT2D eigenvalue weighted by atomic mass is 10.0. The number of benzene rings is 1. The highest BCUT2D eigenvalue weighted by atomic mass is 16.5. The number of ether oxygens (including phenoxy) is 1. The summed E-state index contributed by atoms with van der Waals surface area (Å²) in [6.45, 7) is 2.09. The Morgan fingerprint density at radius 1 is 1.25 bits per heavy atom. The SMILES string of the molecule is COc1cccc(C(O)C(=O)NC2CCN(C3CCCC3)CC2)c1. The molecule has 1 aliphatic carbocycles. The number of likely N-dealkylation sites (tertiary alicyclic amines) is 1. The number of hydrogen-bond donors (Lipinski definition) is 2. The lowest BCUT2D eigenvalue weighted by Gasteiger charge is -2.36. The quantitative estimate of drug-likeness (QED) is 0.868. The minimum Gasteiger partial charge on any atom is -0.497 e. The summed E-state index contributed by atoms with van der Waals surface area (Å²) in [7, 11) is 1.57. The first-order valence-corrected chi connectivity index (χ1v) is 9.04. The fraction of sp³-hybridized carbons (Fsp3) is 0.632. The van der Waals surface area contributed by atoms with E-state index in [1.54, 1.807) is 31.4 Å². The Morgan fingerprint density at radius 2 is 1.96 bits per heavy atom. The van der Waals surface area contributed by atoms with Crippen LogP contribution in [0.15, 0.2) is 24.3 Å². The number of rotatable bonds is 5. The van der Waals surface area contributed by atoms with Gasteiger partial charge >= 0.3 is 0 Å². The van der Waals surface area contributed by atoms with E-state index in [1.807, 2.05) is 0 Å². The summed E-state index contributed by atoms with van der Waals surface area (Å²) in [4.78, 5) is 14.9. The summed E-state index contributed by atoms with van der Waals surface area (Å²) in [5.74, 6) is 0.326. The van der Waals surface area contributed by atoms with Gasteiger partial charge in [0.15, 0.2) is 6.10 Å². The van der Waals surface area contributed by atoms with Crippen molar-refractivity contribution in [2.24, 2.45) is 0 Å². The van der Waals surface area contributed by atoms with Crippen LogP contribution in [0.3, 0.4) is 0 Å². The van der Waals surface area contributed by atoms with Crippen molar-refractivity contribution in [3.05, 3.63) is 29.8 Å². The molecule has 1 heterocycles. The van der Waals surface area contributed by atoms with Crippen LogP contribution >= 0.6 is 0 Å². The van der Waals surface area contributed by atoms with Crippen LogP contribution in [-0.2, 0) is 4.79 Å². The molecule has 1 saturated carbocycles. The second kappa shape index (κ2) is 7.99. The van der Waals surface area contributed by atoms with Crippen molar-refractivity contribution in [3.8, 4) is 5.75 Å². The molecule has 1 aromatic carbocycles. The highest BCUT2D eigenvalue weighted by Crippen LogP contribution is 2.26. The van der Waals surface area contributed by atoms with Gasteiger partial charge in [0.2, 0.25) is 0 Å². The summed E-state index contributed by atoms with van der Waals surface area (Å²) >= 11 is 0. The van der Waals surface area contributed by atoms with Gasteiger partial charge in [-0.3, -0.25) is 4.79 Å². The first-order valence-electron chi connectivity index (χ1n) is 9.04. The van der Waals surface area contributed by atoms with E-state index < -0.39 is 6.10 Å². The molecule has 1 aromatic rings. The molecule has 0 spiro atoms. The van der Waals surface area contributed by atoms with Crippen LogP contribution < -0.4 is 10.1 Å². The van der Waals surface area contributed by atoms with Crippen molar-refractivity contribution in [2.75, 3.05) is 20.2 Å². The van der Waals surface area contributed by atoms with Gasteiger partial charge in [0.05, 0.1) is 7.11 Å². The van der Waals surface area contributed by atoms with Gasteiger partial charge in [0.25, 0.3) is 5.91 Å². The number of nitrogens with zero attached hydrogens (tertiary/aromatic N) is 1. The van der Waals surface area contributed by atoms with Gasteiger partial charge in [-0.05, 0) is 43.4 Å². The fourth-order valence-electron chi connectivity index (χ4n) is 3.92. The van der Waals surface area contributed by atoms with Gasteiger partial charge < -0.3 is 20.1 Å². The smallest absolute Gasteiger partial charge is 0.253 e. The van der Waals surface area contributed by atoms with E-state index >= 15 is 0 Å². The monoisotopic (exact) mass is 332 g/mol. The summed E-state index contributed by atoms with van der Waals surface area (Å²) in [5, 5.41) is 13.3. The normalized spacial score (nSPS) is 21.6. The molecule has 1 unspecified atom stereocenters. The van der Waals surface area contributed by atoms with E-state index in [9.17, 15) is 9.90 Å². The molecule has 2 aliphatic rings. The average Bonchev–Trinajstić information content (AvgIpc) is 3.16. The molecule has 2 N–H and O–H groups in total. The molecule has 132 valence electrons. The maximum absolute atomic E-state index is 12.3. The lowest BCUT2D eigenvalue weighted by molar-refractivity contribution is -0.130. The number of piperidine rings is 1. The van der Waals surface area contributed by atoms with Gasteiger partial charge in [0.1, 0.15) is 5.75 Å². The molecule has 1 aliphatic heterocycles. The molecule has 3 rings (SSSR count). The maximum atomic E-state index is 12.3. The van der Waals surface area contributed by atoms with Crippen LogP contribution in [0.5, 0.6) is 5.75 Å². The van der Waals surface area contributed by atoms with Crippen LogP contribution in [0, 0.1) is 0 Å². The molecule has 1 amide bonds. The minimum absolute atomic E-state index is 0.162. The third-order valence-electron chi connectivity index (χ3n) is 5.37. The van der Waals surface area contributed by atoms with Gasteiger partial charge in [-0.2, -0.15) is 0 Å². The van der Waals surface area contributed by atoms with Crippen molar-refractivity contribution >= 4 is 5.91 Å². The number of amides is 1. The Balaban J connectivity index is 1.49. The summed E-state index contributed by atoms with van der Waals surface area (Å²) < 4.78 is 5.15. The standard InChI is InChI=1S/C19H28N2O3/c1-24-17-8-4-5-14(13-17)18(22)19(23)20-15-9-11-21(12-10-15)16-6-2-3-7-16/h4-5,8,13,15-16,18,22H,2-3,6-7,9-12H2,1H3,(H,20,23). The molecular weight excluding hydrogens is 304 g/mol. The third kappa shape index (κ3) is 4.08. The number of carbonyl (C=O) groups is 1. The first-order chi connectivity index (χ1) is 11.7. The lowest BCUT2D eigenvalue weighted by Crippen LogP contribution is -2.48. The summed E-state index contributed by atoms with van der Waals surface area (Å²) in [6.07, 6.45) is 6.15. The minimum atomic E-state index is -1.15. The molecule has 24 heavy (non-hydrogen) atoms. The molecule has 0 bridgehead atoms. The molecule has 2 fully saturated rings.